The van der Waals surface area contributed by atoms with Crippen molar-refractivity contribution in [3.8, 4) is 0 Å². The highest BCUT2D eigenvalue weighted by molar-refractivity contribution is 5.47. The number of allylic oxidation sites excluding steroid dienone is 1. The van der Waals surface area contributed by atoms with Gasteiger partial charge in [0.15, 0.2) is 0 Å². The number of anilines is 1. The van der Waals surface area contributed by atoms with Crippen molar-refractivity contribution in [3.05, 3.63) is 42.5 Å². The molecule has 0 N–H and O–H groups in total. The lowest BCUT2D eigenvalue weighted by atomic mass is 10.1. The summed E-state index contributed by atoms with van der Waals surface area (Å²) in [6.45, 7) is 7.76. The fourth-order valence-electron chi connectivity index (χ4n) is 2.04. The van der Waals surface area contributed by atoms with Crippen LogP contribution in [-0.4, -0.2) is 12.6 Å². The van der Waals surface area contributed by atoms with Gasteiger partial charge >= 0.3 is 0 Å². The highest BCUT2D eigenvalue weighted by Crippen LogP contribution is 2.16. The van der Waals surface area contributed by atoms with Crippen molar-refractivity contribution in [1.29, 1.82) is 0 Å². The number of rotatable bonds is 7. The third kappa shape index (κ3) is 4.64. The minimum atomic E-state index is 0.472. The molecule has 0 amide bonds. The summed E-state index contributed by atoms with van der Waals surface area (Å²) in [5.74, 6) is 0. The van der Waals surface area contributed by atoms with E-state index in [2.05, 4.69) is 68.2 Å². The van der Waals surface area contributed by atoms with E-state index < -0.39 is 0 Å². The maximum atomic E-state index is 2.42. The van der Waals surface area contributed by atoms with Gasteiger partial charge in [-0.05, 0) is 32.4 Å². The Morgan fingerprint density at radius 2 is 1.88 bits per heavy atom. The van der Waals surface area contributed by atoms with Gasteiger partial charge in [-0.3, -0.25) is 0 Å². The lowest BCUT2D eigenvalue weighted by Gasteiger charge is -2.28. The Balaban J connectivity index is 2.58. The summed E-state index contributed by atoms with van der Waals surface area (Å²) in [5, 5.41) is 0. The normalized spacial score (nSPS) is 12.9. The molecule has 0 aromatic heterocycles. The summed E-state index contributed by atoms with van der Waals surface area (Å²) in [4.78, 5) is 2.42. The topological polar surface area (TPSA) is 3.24 Å². The van der Waals surface area contributed by atoms with E-state index in [1.165, 1.54) is 24.9 Å². The molecule has 0 spiro atoms. The molecular weight excluding hydrogens is 206 g/mol. The van der Waals surface area contributed by atoms with E-state index in [1.54, 1.807) is 0 Å². The van der Waals surface area contributed by atoms with E-state index in [0.717, 1.165) is 6.54 Å². The summed E-state index contributed by atoms with van der Waals surface area (Å²) in [7, 11) is 0. The second-order valence-electron chi connectivity index (χ2n) is 4.43. The lowest BCUT2D eigenvalue weighted by molar-refractivity contribution is 0.749. The first-order valence-electron chi connectivity index (χ1n) is 6.78. The minimum absolute atomic E-state index is 0.472. The maximum absolute atomic E-state index is 2.42. The zero-order valence-corrected chi connectivity index (χ0v) is 11.4. The highest BCUT2D eigenvalue weighted by atomic mass is 15.1. The van der Waals surface area contributed by atoms with E-state index in [1.807, 2.05) is 0 Å². The summed E-state index contributed by atoms with van der Waals surface area (Å²) in [5.41, 5.74) is 1.31. The zero-order chi connectivity index (χ0) is 12.5. The average Bonchev–Trinajstić information content (AvgIpc) is 2.37. The van der Waals surface area contributed by atoms with Crippen LogP contribution in [0.2, 0.25) is 0 Å². The van der Waals surface area contributed by atoms with Gasteiger partial charge in [0, 0.05) is 18.3 Å². The Bertz CT molecular complexity index is 316. The molecule has 0 aliphatic carbocycles. The molecule has 17 heavy (non-hydrogen) atoms. The number of para-hydroxylation sites is 1. The minimum Gasteiger partial charge on any atom is -0.366 e. The molecule has 0 radical (unpaired) electrons. The second kappa shape index (κ2) is 7.94. The average molecular weight is 231 g/mol. The van der Waals surface area contributed by atoms with Crippen molar-refractivity contribution in [2.45, 2.75) is 46.1 Å². The number of hydrogen-bond acceptors (Lipinski definition) is 1. The van der Waals surface area contributed by atoms with Gasteiger partial charge in [0.25, 0.3) is 0 Å². The number of benzene rings is 1. The van der Waals surface area contributed by atoms with Crippen LogP contribution in [0.25, 0.3) is 0 Å². The molecule has 1 aromatic rings. The van der Waals surface area contributed by atoms with Gasteiger partial charge in [-0.15, -0.1) is 0 Å². The molecule has 1 aromatic carbocycles. The Morgan fingerprint density at radius 1 is 1.18 bits per heavy atom. The van der Waals surface area contributed by atoms with E-state index in [9.17, 15) is 0 Å². The molecule has 0 saturated heterocycles. The molecule has 1 atom stereocenters. The van der Waals surface area contributed by atoms with Crippen LogP contribution in [0.1, 0.15) is 40.0 Å². The third-order valence-electron chi connectivity index (χ3n) is 3.06. The van der Waals surface area contributed by atoms with Crippen LogP contribution in [-0.2, 0) is 0 Å². The summed E-state index contributed by atoms with van der Waals surface area (Å²) >= 11 is 0. The van der Waals surface area contributed by atoms with Crippen LogP contribution >= 0.6 is 0 Å². The lowest BCUT2D eigenvalue weighted by Crippen LogP contribution is -2.31. The molecule has 1 heteroatoms. The fourth-order valence-corrected chi connectivity index (χ4v) is 2.04. The molecule has 1 rings (SSSR count). The molecule has 1 unspecified atom stereocenters. The van der Waals surface area contributed by atoms with Crippen molar-refractivity contribution in [1.82, 2.24) is 0 Å². The quantitative estimate of drug-likeness (QED) is 0.488. The predicted molar refractivity (Wildman–Crippen MR) is 77.6 cm³/mol. The first-order chi connectivity index (χ1) is 8.29. The molecule has 0 saturated carbocycles. The fraction of sp³-hybridized carbons (Fsp3) is 0.500. The molecule has 0 heterocycles. The van der Waals surface area contributed by atoms with Crippen LogP contribution in [0.5, 0.6) is 0 Å². The van der Waals surface area contributed by atoms with Crippen LogP contribution in [0.3, 0.4) is 0 Å². The molecular formula is C16H25N. The van der Waals surface area contributed by atoms with Crippen LogP contribution in [0, 0.1) is 0 Å². The number of nitrogens with zero attached hydrogens (tertiary/aromatic N) is 1. The van der Waals surface area contributed by atoms with Crippen molar-refractivity contribution < 1.29 is 0 Å². The smallest absolute Gasteiger partial charge is 0.0444 e. The van der Waals surface area contributed by atoms with Crippen molar-refractivity contribution in [3.63, 3.8) is 0 Å². The van der Waals surface area contributed by atoms with E-state index in [-0.39, 0.29) is 0 Å². The molecule has 1 nitrogen and oxygen atoms in total. The number of unbranched alkanes of at least 4 members (excludes halogenated alkanes) is 2. The first kappa shape index (κ1) is 13.8. The Labute approximate surface area is 106 Å². The largest absolute Gasteiger partial charge is 0.366 e. The van der Waals surface area contributed by atoms with Crippen molar-refractivity contribution in [2.75, 3.05) is 11.4 Å². The molecule has 0 aliphatic heterocycles. The Hall–Kier alpha value is -1.24. The van der Waals surface area contributed by atoms with Gasteiger partial charge in [-0.2, -0.15) is 0 Å². The standard InChI is InChI=1S/C16H25N/c1-4-6-7-9-12-15(3)17(5-2)16-13-10-8-11-14-16/h8-15H,4-7H2,1-3H3/b12-9+. The van der Waals surface area contributed by atoms with E-state index in [0.29, 0.717) is 6.04 Å². The van der Waals surface area contributed by atoms with Gasteiger partial charge < -0.3 is 4.90 Å². The third-order valence-corrected chi connectivity index (χ3v) is 3.06. The van der Waals surface area contributed by atoms with Crippen LogP contribution in [0.15, 0.2) is 42.5 Å². The molecule has 94 valence electrons. The monoisotopic (exact) mass is 231 g/mol. The first-order valence-corrected chi connectivity index (χ1v) is 6.78. The maximum Gasteiger partial charge on any atom is 0.0444 e. The SMILES string of the molecule is CCCC/C=C/C(C)N(CC)c1ccccc1. The summed E-state index contributed by atoms with van der Waals surface area (Å²) < 4.78 is 0. The zero-order valence-electron chi connectivity index (χ0n) is 11.4. The summed E-state index contributed by atoms with van der Waals surface area (Å²) in [6.07, 6.45) is 8.41. The van der Waals surface area contributed by atoms with Gasteiger partial charge in [0.1, 0.15) is 0 Å². The predicted octanol–water partition coefficient (Wildman–Crippen LogP) is 4.65. The highest BCUT2D eigenvalue weighted by Gasteiger charge is 2.08. The van der Waals surface area contributed by atoms with E-state index in [4.69, 9.17) is 0 Å². The Morgan fingerprint density at radius 3 is 2.47 bits per heavy atom. The second-order valence-corrected chi connectivity index (χ2v) is 4.43. The molecule has 0 fully saturated rings. The van der Waals surface area contributed by atoms with E-state index >= 15 is 0 Å². The van der Waals surface area contributed by atoms with Gasteiger partial charge in [-0.1, -0.05) is 50.1 Å². The molecule has 0 aliphatic rings. The van der Waals surface area contributed by atoms with Gasteiger partial charge in [0.05, 0.1) is 0 Å². The van der Waals surface area contributed by atoms with Crippen LogP contribution < -0.4 is 4.90 Å². The number of hydrogen-bond donors (Lipinski definition) is 0. The van der Waals surface area contributed by atoms with Crippen molar-refractivity contribution >= 4 is 5.69 Å². The summed E-state index contributed by atoms with van der Waals surface area (Å²) in [6, 6.07) is 11.1. The van der Waals surface area contributed by atoms with Gasteiger partial charge in [-0.25, -0.2) is 0 Å². The Kier molecular flexibility index (Phi) is 6.46. The number of likely N-dealkylation sites (N-methyl/N-ethyl adjacent to an activating group) is 1. The molecule has 0 bridgehead atoms. The van der Waals surface area contributed by atoms with Crippen LogP contribution in [0.4, 0.5) is 5.69 Å². The van der Waals surface area contributed by atoms with Crippen molar-refractivity contribution in [2.24, 2.45) is 0 Å². The van der Waals surface area contributed by atoms with Gasteiger partial charge in [0.2, 0.25) is 0 Å².